The molecule has 1 fully saturated rings. The molecule has 1 saturated heterocycles. The Labute approximate surface area is 178 Å². The first-order valence-electron chi connectivity index (χ1n) is 9.27. The van der Waals surface area contributed by atoms with Crippen molar-refractivity contribution < 1.29 is 9.59 Å². The third-order valence-electron chi connectivity index (χ3n) is 4.53. The fraction of sp³-hybridized carbons (Fsp3) is 0.611. The van der Waals surface area contributed by atoms with E-state index in [0.29, 0.717) is 25.9 Å². The molecule has 0 radical (unpaired) electrons. The van der Waals surface area contributed by atoms with Gasteiger partial charge in [-0.05, 0) is 38.8 Å². The summed E-state index contributed by atoms with van der Waals surface area (Å²) in [4.78, 5) is 30.1. The fourth-order valence-electron chi connectivity index (χ4n) is 2.77. The second-order valence-electron chi connectivity index (χ2n) is 6.53. The molecule has 3 N–H and O–H groups in total. The highest BCUT2D eigenvalue weighted by atomic mass is 127. The van der Waals surface area contributed by atoms with Crippen LogP contribution in [0.4, 0.5) is 4.79 Å². The Kier molecular flexibility index (Phi) is 9.61. The molecule has 2 rings (SSSR count). The predicted molar refractivity (Wildman–Crippen MR) is 117 cm³/mol. The second-order valence-corrected chi connectivity index (χ2v) is 6.53. The summed E-state index contributed by atoms with van der Waals surface area (Å²) in [5.41, 5.74) is -0.769. The van der Waals surface area contributed by atoms with Crippen molar-refractivity contribution in [2.75, 3.05) is 26.2 Å². The number of carbonyl (C=O) groups excluding carboxylic acids is 2. The van der Waals surface area contributed by atoms with Gasteiger partial charge in [-0.3, -0.25) is 14.7 Å². The summed E-state index contributed by atoms with van der Waals surface area (Å²) in [6, 6.07) is 3.69. The average molecular weight is 490 g/mol. The Morgan fingerprint density at radius 2 is 1.89 bits per heavy atom. The highest BCUT2D eigenvalue weighted by molar-refractivity contribution is 14.0. The number of carbonyl (C=O) groups is 2. The van der Waals surface area contributed by atoms with Crippen LogP contribution >= 0.6 is 24.0 Å². The van der Waals surface area contributed by atoms with E-state index in [4.69, 9.17) is 0 Å². The number of guanidine groups is 1. The monoisotopic (exact) mass is 490 g/mol. The first-order valence-corrected chi connectivity index (χ1v) is 9.27. The second kappa shape index (κ2) is 11.2. The summed E-state index contributed by atoms with van der Waals surface area (Å²) < 4.78 is 2.10. The molecule has 1 atom stereocenters. The van der Waals surface area contributed by atoms with E-state index in [1.807, 2.05) is 38.4 Å². The van der Waals surface area contributed by atoms with Gasteiger partial charge in [-0.25, -0.2) is 4.79 Å². The van der Waals surface area contributed by atoms with Crippen LogP contribution in [0.15, 0.2) is 29.5 Å². The summed E-state index contributed by atoms with van der Waals surface area (Å²) >= 11 is 0. The minimum absolute atomic E-state index is 0. The Morgan fingerprint density at radius 3 is 2.48 bits per heavy atom. The van der Waals surface area contributed by atoms with E-state index in [-0.39, 0.29) is 35.9 Å². The number of nitrogens with zero attached hydrogens (tertiary/aromatic N) is 3. The quantitative estimate of drug-likeness (QED) is 0.162. The van der Waals surface area contributed by atoms with Gasteiger partial charge in [-0.15, -0.1) is 24.0 Å². The van der Waals surface area contributed by atoms with Crippen LogP contribution in [0, 0.1) is 0 Å². The van der Waals surface area contributed by atoms with Crippen LogP contribution in [-0.2, 0) is 11.3 Å². The van der Waals surface area contributed by atoms with Crippen molar-refractivity contribution in [2.24, 2.45) is 4.99 Å². The van der Waals surface area contributed by atoms with E-state index in [0.717, 1.165) is 25.6 Å². The molecule has 0 spiro atoms. The van der Waals surface area contributed by atoms with Gasteiger partial charge >= 0.3 is 6.03 Å². The topological polar surface area (TPSA) is 90.8 Å². The molecular weight excluding hydrogens is 459 g/mol. The Hall–Kier alpha value is -1.78. The number of hydrogen-bond donors (Lipinski definition) is 3. The summed E-state index contributed by atoms with van der Waals surface area (Å²) in [6.07, 6.45) is 5.26. The first-order chi connectivity index (χ1) is 12.5. The van der Waals surface area contributed by atoms with Gasteiger partial charge in [0.25, 0.3) is 5.91 Å². The lowest BCUT2D eigenvalue weighted by molar-refractivity contribution is -0.130. The van der Waals surface area contributed by atoms with Crippen LogP contribution in [0.25, 0.3) is 0 Å². The van der Waals surface area contributed by atoms with Crippen LogP contribution in [0.5, 0.6) is 0 Å². The largest absolute Gasteiger partial charge is 0.357 e. The molecule has 1 aliphatic rings. The lowest BCUT2D eigenvalue weighted by Gasteiger charge is -2.19. The number of amides is 3. The molecule has 0 aromatic carbocycles. The maximum Gasteiger partial charge on any atom is 0.325 e. The smallest absolute Gasteiger partial charge is 0.325 e. The molecule has 9 heteroatoms. The predicted octanol–water partition coefficient (Wildman–Crippen LogP) is 1.77. The van der Waals surface area contributed by atoms with Crippen LogP contribution in [0.3, 0.4) is 0 Å². The van der Waals surface area contributed by atoms with Crippen molar-refractivity contribution in [1.82, 2.24) is 25.4 Å². The minimum Gasteiger partial charge on any atom is -0.357 e. The van der Waals surface area contributed by atoms with Gasteiger partial charge < -0.3 is 20.5 Å². The fourth-order valence-corrected chi connectivity index (χ4v) is 2.77. The van der Waals surface area contributed by atoms with Crippen molar-refractivity contribution >= 4 is 41.9 Å². The molecule has 152 valence electrons. The molecular formula is C18H31IN6O2. The van der Waals surface area contributed by atoms with Crippen LogP contribution < -0.4 is 16.0 Å². The zero-order valence-corrected chi connectivity index (χ0v) is 18.7. The number of hydrogen-bond acceptors (Lipinski definition) is 3. The van der Waals surface area contributed by atoms with E-state index >= 15 is 0 Å². The summed E-state index contributed by atoms with van der Waals surface area (Å²) in [5.74, 6) is 0.598. The van der Waals surface area contributed by atoms with Gasteiger partial charge in [-0.1, -0.05) is 6.92 Å². The summed E-state index contributed by atoms with van der Waals surface area (Å²) in [7, 11) is 0. The van der Waals surface area contributed by atoms with E-state index < -0.39 is 5.54 Å². The standard InChI is InChI=1S/C18H30N6O2.HI/c1-4-18(3)15(25)24(17(26)22-18)13-8-9-20-16(19-5-2)21-10-14-23-11-6-7-12-23;/h6-7,11-12H,4-5,8-10,13-14H2,1-3H3,(H,22,26)(H2,19,20,21);1H. The van der Waals surface area contributed by atoms with Gasteiger partial charge in [0.05, 0.1) is 0 Å². The average Bonchev–Trinajstić information content (AvgIpc) is 3.20. The molecule has 2 heterocycles. The molecule has 0 aliphatic carbocycles. The van der Waals surface area contributed by atoms with E-state index in [9.17, 15) is 9.59 Å². The van der Waals surface area contributed by atoms with Crippen molar-refractivity contribution in [3.8, 4) is 0 Å². The van der Waals surface area contributed by atoms with Gasteiger partial charge in [0.15, 0.2) is 5.96 Å². The first kappa shape index (κ1) is 23.3. The number of aliphatic imine (C=N–C) groups is 1. The number of halogens is 1. The number of aromatic nitrogens is 1. The third-order valence-corrected chi connectivity index (χ3v) is 4.53. The van der Waals surface area contributed by atoms with E-state index in [1.165, 1.54) is 4.90 Å². The zero-order valence-electron chi connectivity index (χ0n) is 16.3. The minimum atomic E-state index is -0.769. The molecule has 1 unspecified atom stereocenters. The molecule has 1 aromatic rings. The maximum atomic E-state index is 12.3. The molecule has 27 heavy (non-hydrogen) atoms. The van der Waals surface area contributed by atoms with Gasteiger partial charge in [0, 0.05) is 45.1 Å². The third kappa shape index (κ3) is 6.40. The van der Waals surface area contributed by atoms with Gasteiger partial charge in [0.1, 0.15) is 5.54 Å². The highest BCUT2D eigenvalue weighted by Crippen LogP contribution is 2.20. The van der Waals surface area contributed by atoms with E-state index in [2.05, 4.69) is 25.5 Å². The Balaban J connectivity index is 0.00000364. The van der Waals surface area contributed by atoms with Gasteiger partial charge in [0.2, 0.25) is 0 Å². The SMILES string of the molecule is CCNC(=NCCCN1C(=O)NC(C)(CC)C1=O)NCCn1cccc1.I. The maximum absolute atomic E-state index is 12.3. The zero-order chi connectivity index (χ0) is 19.0. The number of rotatable bonds is 9. The normalized spacial score (nSPS) is 19.7. The highest BCUT2D eigenvalue weighted by Gasteiger charge is 2.45. The molecule has 3 amide bonds. The number of urea groups is 1. The Bertz CT molecular complexity index is 634. The Morgan fingerprint density at radius 1 is 1.19 bits per heavy atom. The number of imide groups is 1. The summed E-state index contributed by atoms with van der Waals surface area (Å²) in [6.45, 7) is 9.00. The molecule has 1 aromatic heterocycles. The molecule has 1 aliphatic heterocycles. The molecule has 8 nitrogen and oxygen atoms in total. The van der Waals surface area contributed by atoms with Crippen molar-refractivity contribution in [3.05, 3.63) is 24.5 Å². The van der Waals surface area contributed by atoms with E-state index in [1.54, 1.807) is 6.92 Å². The lowest BCUT2D eigenvalue weighted by Crippen LogP contribution is -2.43. The van der Waals surface area contributed by atoms with Crippen molar-refractivity contribution in [1.29, 1.82) is 0 Å². The van der Waals surface area contributed by atoms with Crippen LogP contribution in [0.2, 0.25) is 0 Å². The lowest BCUT2D eigenvalue weighted by atomic mass is 9.99. The summed E-state index contributed by atoms with van der Waals surface area (Å²) in [5, 5.41) is 9.25. The van der Waals surface area contributed by atoms with Crippen molar-refractivity contribution in [2.45, 2.75) is 45.7 Å². The van der Waals surface area contributed by atoms with Gasteiger partial charge in [-0.2, -0.15) is 0 Å². The van der Waals surface area contributed by atoms with Crippen LogP contribution in [0.1, 0.15) is 33.6 Å². The molecule has 0 bridgehead atoms. The number of nitrogens with one attached hydrogen (secondary N) is 3. The van der Waals surface area contributed by atoms with Crippen molar-refractivity contribution in [3.63, 3.8) is 0 Å². The molecule has 0 saturated carbocycles. The van der Waals surface area contributed by atoms with Crippen LogP contribution in [-0.4, -0.2) is 59.1 Å².